The van der Waals surface area contributed by atoms with Crippen LogP contribution in [0.1, 0.15) is 75.4 Å². The minimum absolute atomic E-state index is 0.167. The van der Waals surface area contributed by atoms with Crippen LogP contribution in [0, 0.1) is 11.8 Å². The van der Waals surface area contributed by atoms with Gasteiger partial charge in [-0.2, -0.15) is 4.98 Å². The second-order valence-corrected chi connectivity index (χ2v) is 8.89. The Morgan fingerprint density at radius 1 is 1.07 bits per heavy atom. The summed E-state index contributed by atoms with van der Waals surface area (Å²) < 4.78 is 16.8. The van der Waals surface area contributed by atoms with Crippen molar-refractivity contribution < 1.29 is 18.8 Å². The van der Waals surface area contributed by atoms with Gasteiger partial charge in [-0.3, -0.25) is 4.79 Å². The molecule has 1 aromatic heterocycles. The molecule has 0 N–H and O–H groups in total. The molecule has 1 atom stereocenters. The number of amides is 1. The third-order valence-electron chi connectivity index (χ3n) is 6.68. The second-order valence-electron chi connectivity index (χ2n) is 8.89. The summed E-state index contributed by atoms with van der Waals surface area (Å²) in [6.07, 6.45) is 10.6. The Morgan fingerprint density at radius 3 is 2.72 bits per heavy atom. The summed E-state index contributed by atoms with van der Waals surface area (Å²) in [4.78, 5) is 19.5. The Morgan fingerprint density at radius 2 is 1.90 bits per heavy atom. The molecule has 29 heavy (non-hydrogen) atoms. The van der Waals surface area contributed by atoms with Crippen molar-refractivity contribution in [2.45, 2.75) is 70.1 Å². The third kappa shape index (κ3) is 5.79. The van der Waals surface area contributed by atoms with Crippen molar-refractivity contribution in [3.8, 4) is 0 Å². The second kappa shape index (κ2) is 10.5. The van der Waals surface area contributed by atoms with Gasteiger partial charge in [0.2, 0.25) is 11.8 Å². The number of carbonyl (C=O) groups is 1. The van der Waals surface area contributed by atoms with E-state index in [-0.39, 0.29) is 11.8 Å². The number of hydrogen-bond donors (Lipinski definition) is 0. The third-order valence-corrected chi connectivity index (χ3v) is 6.68. The van der Waals surface area contributed by atoms with E-state index in [0.29, 0.717) is 36.6 Å². The average Bonchev–Trinajstić information content (AvgIpc) is 3.27. The van der Waals surface area contributed by atoms with Crippen LogP contribution in [0.3, 0.4) is 0 Å². The Balaban J connectivity index is 1.22. The van der Waals surface area contributed by atoms with Gasteiger partial charge in [0.1, 0.15) is 0 Å². The molecular weight excluding hydrogens is 370 g/mol. The largest absolute Gasteiger partial charge is 0.381 e. The highest BCUT2D eigenvalue weighted by atomic mass is 16.5. The zero-order valence-electron chi connectivity index (χ0n) is 17.5. The fourth-order valence-electron chi connectivity index (χ4n) is 4.85. The fourth-order valence-corrected chi connectivity index (χ4v) is 4.85. The van der Waals surface area contributed by atoms with E-state index < -0.39 is 0 Å². The molecule has 0 radical (unpaired) electrons. The number of carbonyl (C=O) groups excluding carboxylic acids is 1. The highest BCUT2D eigenvalue weighted by Gasteiger charge is 2.32. The molecule has 7 nitrogen and oxygen atoms in total. The van der Waals surface area contributed by atoms with Crippen molar-refractivity contribution in [2.24, 2.45) is 11.8 Å². The molecule has 4 rings (SSSR count). The molecule has 0 aromatic carbocycles. The summed E-state index contributed by atoms with van der Waals surface area (Å²) in [5.41, 5.74) is 0. The van der Waals surface area contributed by atoms with Crippen LogP contribution in [-0.2, 0) is 20.7 Å². The SMILES string of the molecule is O=C(C1CCCCC1)N1CCCC(c2nc(CCOCC3CCOCC3)no2)C1. The van der Waals surface area contributed by atoms with Crippen molar-refractivity contribution in [1.82, 2.24) is 15.0 Å². The van der Waals surface area contributed by atoms with Crippen molar-refractivity contribution in [3.63, 3.8) is 0 Å². The lowest BCUT2D eigenvalue weighted by atomic mass is 9.87. The van der Waals surface area contributed by atoms with Gasteiger partial charge in [0.05, 0.1) is 12.5 Å². The smallest absolute Gasteiger partial charge is 0.231 e. The van der Waals surface area contributed by atoms with Crippen LogP contribution in [0.4, 0.5) is 0 Å². The van der Waals surface area contributed by atoms with E-state index in [1.54, 1.807) is 0 Å². The van der Waals surface area contributed by atoms with Gasteiger partial charge in [0.25, 0.3) is 0 Å². The number of rotatable bonds is 7. The van der Waals surface area contributed by atoms with Crippen LogP contribution in [0.2, 0.25) is 0 Å². The Labute approximate surface area is 173 Å². The normalized spacial score (nSPS) is 24.7. The van der Waals surface area contributed by atoms with Crippen molar-refractivity contribution in [1.29, 1.82) is 0 Å². The molecule has 2 saturated heterocycles. The van der Waals surface area contributed by atoms with Gasteiger partial charge in [-0.15, -0.1) is 0 Å². The van der Waals surface area contributed by atoms with E-state index in [1.807, 2.05) is 4.90 Å². The lowest BCUT2D eigenvalue weighted by Crippen LogP contribution is -2.42. The predicted molar refractivity (Wildman–Crippen MR) is 107 cm³/mol. The van der Waals surface area contributed by atoms with E-state index >= 15 is 0 Å². The molecule has 2 aliphatic heterocycles. The zero-order valence-corrected chi connectivity index (χ0v) is 17.5. The number of ether oxygens (including phenoxy) is 2. The van der Waals surface area contributed by atoms with Gasteiger partial charge in [0, 0.05) is 45.2 Å². The first-order valence-electron chi connectivity index (χ1n) is 11.6. The van der Waals surface area contributed by atoms with Crippen LogP contribution in [0.15, 0.2) is 4.52 Å². The van der Waals surface area contributed by atoms with Crippen molar-refractivity contribution in [2.75, 3.05) is 39.5 Å². The van der Waals surface area contributed by atoms with E-state index in [9.17, 15) is 4.79 Å². The number of nitrogens with zero attached hydrogens (tertiary/aromatic N) is 3. The van der Waals surface area contributed by atoms with Crippen molar-refractivity contribution in [3.05, 3.63) is 11.7 Å². The van der Waals surface area contributed by atoms with E-state index in [2.05, 4.69) is 10.1 Å². The van der Waals surface area contributed by atoms with Crippen LogP contribution in [-0.4, -0.2) is 60.5 Å². The maximum Gasteiger partial charge on any atom is 0.231 e. The minimum Gasteiger partial charge on any atom is -0.381 e. The van der Waals surface area contributed by atoms with Gasteiger partial charge in [-0.25, -0.2) is 0 Å². The topological polar surface area (TPSA) is 77.7 Å². The summed E-state index contributed by atoms with van der Waals surface area (Å²) in [6.45, 7) is 4.69. The first-order valence-corrected chi connectivity index (χ1v) is 11.6. The molecule has 3 aliphatic rings. The van der Waals surface area contributed by atoms with E-state index in [4.69, 9.17) is 14.0 Å². The maximum absolute atomic E-state index is 12.9. The first kappa shape index (κ1) is 20.8. The van der Waals surface area contributed by atoms with Crippen LogP contribution >= 0.6 is 0 Å². The lowest BCUT2D eigenvalue weighted by Gasteiger charge is -2.34. The van der Waals surface area contributed by atoms with Gasteiger partial charge in [-0.05, 0) is 44.4 Å². The summed E-state index contributed by atoms with van der Waals surface area (Å²) in [5.74, 6) is 2.75. The van der Waals surface area contributed by atoms with Crippen LogP contribution in [0.5, 0.6) is 0 Å². The molecule has 1 aliphatic carbocycles. The van der Waals surface area contributed by atoms with Gasteiger partial charge >= 0.3 is 0 Å². The quantitative estimate of drug-likeness (QED) is 0.648. The number of likely N-dealkylation sites (tertiary alicyclic amines) is 1. The number of hydrogen-bond acceptors (Lipinski definition) is 6. The first-order chi connectivity index (χ1) is 14.3. The van der Waals surface area contributed by atoms with Crippen LogP contribution < -0.4 is 0 Å². The monoisotopic (exact) mass is 405 g/mol. The molecule has 3 heterocycles. The summed E-state index contributed by atoms with van der Waals surface area (Å²) in [6, 6.07) is 0. The molecule has 1 aromatic rings. The maximum atomic E-state index is 12.9. The minimum atomic E-state index is 0.167. The lowest BCUT2D eigenvalue weighted by molar-refractivity contribution is -0.137. The average molecular weight is 406 g/mol. The fraction of sp³-hybridized carbons (Fsp3) is 0.864. The molecule has 3 fully saturated rings. The van der Waals surface area contributed by atoms with Crippen molar-refractivity contribution >= 4 is 5.91 Å². The van der Waals surface area contributed by atoms with Gasteiger partial charge < -0.3 is 18.9 Å². The van der Waals surface area contributed by atoms with Gasteiger partial charge in [0.15, 0.2) is 5.82 Å². The number of piperidine rings is 1. The Bertz CT molecular complexity index is 638. The van der Waals surface area contributed by atoms with Gasteiger partial charge in [-0.1, -0.05) is 24.4 Å². The zero-order chi connectivity index (χ0) is 19.9. The summed E-state index contributed by atoms with van der Waals surface area (Å²) >= 11 is 0. The molecule has 7 heteroatoms. The summed E-state index contributed by atoms with van der Waals surface area (Å²) in [7, 11) is 0. The molecule has 0 bridgehead atoms. The van der Waals surface area contributed by atoms with E-state index in [1.165, 1.54) is 19.3 Å². The molecule has 0 spiro atoms. The number of aromatic nitrogens is 2. The highest BCUT2D eigenvalue weighted by Crippen LogP contribution is 2.30. The van der Waals surface area contributed by atoms with Crippen LogP contribution in [0.25, 0.3) is 0 Å². The molecule has 162 valence electrons. The standard InChI is InChI=1S/C22H35N3O4/c26-22(18-5-2-1-3-6-18)25-11-4-7-19(15-25)21-23-20(24-29-21)10-14-28-16-17-8-12-27-13-9-17/h17-19H,1-16H2. The summed E-state index contributed by atoms with van der Waals surface area (Å²) in [5, 5.41) is 4.15. The molecule has 1 saturated carbocycles. The Kier molecular flexibility index (Phi) is 7.55. The predicted octanol–water partition coefficient (Wildman–Crippen LogP) is 3.34. The molecule has 1 amide bonds. The molecule has 1 unspecified atom stereocenters. The molecular formula is C22H35N3O4. The van der Waals surface area contributed by atoms with E-state index in [0.717, 1.165) is 71.4 Å². The highest BCUT2D eigenvalue weighted by molar-refractivity contribution is 5.79. The Hall–Kier alpha value is -1.47.